The van der Waals surface area contributed by atoms with Crippen molar-refractivity contribution in [1.82, 2.24) is 25.0 Å². The number of nitrogens with two attached hydrogens (primary N) is 1. The fourth-order valence-corrected chi connectivity index (χ4v) is 9.96. The lowest BCUT2D eigenvalue weighted by atomic mass is 9.70. The maximum Gasteiger partial charge on any atom is 0.352 e. The fourth-order valence-electron chi connectivity index (χ4n) is 7.73. The molecular weight excluding hydrogens is 780 g/mol. The molecule has 292 valence electrons. The standard InChI is InChI=1S/C34H37ClN8O10S2/c1-15-18(12-43-7-4-34(5-8-43,6-9-43)14-41-27(47)16-10-20(44)25(45)21(35)17(16)11-37-41)24(30(49)50)42-28(48)23(29(42)55-15)39-26(46)22(19-13-54-32(36)38-19)40-53-33(2,3)31(51)52/h10-11,13,15,23,29H,4-9,12,14H2,1-3H3,(H6-,36,37,38,39,40,44,45,46,47,49,50,51,52)/p+1/t15-,23+,29+,34?,43?/m0/s1. The van der Waals surface area contributed by atoms with Crippen molar-refractivity contribution in [3.05, 3.63) is 50.0 Å². The Labute approximate surface area is 325 Å². The molecule has 5 aliphatic rings. The molecular formula is C34H38ClN8O10S2+. The van der Waals surface area contributed by atoms with Crippen LogP contribution in [0.3, 0.4) is 0 Å². The van der Waals surface area contributed by atoms with Gasteiger partial charge in [0.1, 0.15) is 29.4 Å². The largest absolute Gasteiger partial charge is 0.504 e. The highest BCUT2D eigenvalue weighted by molar-refractivity contribution is 8.00. The minimum Gasteiger partial charge on any atom is -0.504 e. The number of nitrogens with zero attached hydrogens (tertiary/aromatic N) is 6. The first-order chi connectivity index (χ1) is 25.9. The van der Waals surface area contributed by atoms with Gasteiger partial charge in [-0.15, -0.1) is 23.1 Å². The number of aromatic hydroxyl groups is 2. The number of anilines is 1. The molecule has 5 aliphatic heterocycles. The van der Waals surface area contributed by atoms with Crippen molar-refractivity contribution in [1.29, 1.82) is 0 Å². The third kappa shape index (κ3) is 6.63. The van der Waals surface area contributed by atoms with E-state index in [1.54, 1.807) is 0 Å². The smallest absolute Gasteiger partial charge is 0.352 e. The first-order valence-corrected chi connectivity index (χ1v) is 19.5. The maximum absolute atomic E-state index is 13.6. The van der Waals surface area contributed by atoms with Crippen LogP contribution in [0.25, 0.3) is 10.8 Å². The summed E-state index contributed by atoms with van der Waals surface area (Å²) >= 11 is 8.53. The van der Waals surface area contributed by atoms with E-state index in [-0.39, 0.29) is 43.0 Å². The number of phenols is 2. The van der Waals surface area contributed by atoms with Crippen molar-refractivity contribution in [3.63, 3.8) is 0 Å². The van der Waals surface area contributed by atoms with Crippen LogP contribution in [-0.4, -0.2) is 122 Å². The lowest BCUT2D eigenvalue weighted by Gasteiger charge is -2.56. The fraction of sp³-hybridized carbons (Fsp3) is 0.471. The zero-order valence-electron chi connectivity index (χ0n) is 29.8. The van der Waals surface area contributed by atoms with Gasteiger partial charge in [0.25, 0.3) is 17.4 Å². The topological polar surface area (TPSA) is 260 Å². The van der Waals surface area contributed by atoms with Crippen LogP contribution in [0.2, 0.25) is 5.02 Å². The van der Waals surface area contributed by atoms with Gasteiger partial charge in [-0.2, -0.15) is 5.10 Å². The highest BCUT2D eigenvalue weighted by Gasteiger charge is 2.58. The van der Waals surface area contributed by atoms with Crippen LogP contribution >= 0.6 is 34.7 Å². The number of nitrogens with one attached hydrogen (secondary N) is 1. The number of aliphatic carboxylic acids is 2. The molecule has 0 spiro atoms. The number of thiazole rings is 1. The van der Waals surface area contributed by atoms with Crippen LogP contribution in [0.5, 0.6) is 11.5 Å². The van der Waals surface area contributed by atoms with E-state index in [1.165, 1.54) is 52.8 Å². The number of carboxylic acid groups (broad SMARTS) is 2. The van der Waals surface area contributed by atoms with E-state index in [9.17, 15) is 44.4 Å². The summed E-state index contributed by atoms with van der Waals surface area (Å²) in [5.74, 6) is -5.10. The van der Waals surface area contributed by atoms with E-state index in [2.05, 4.69) is 20.6 Å². The average molecular weight is 818 g/mol. The number of carboxylic acids is 2. The first-order valence-electron chi connectivity index (χ1n) is 17.3. The summed E-state index contributed by atoms with van der Waals surface area (Å²) in [6.07, 6.45) is 3.65. The number of fused-ring (bicyclic) bond motifs is 5. The third-order valence-electron chi connectivity index (χ3n) is 11.2. The number of quaternary nitrogens is 1. The molecule has 2 amide bonds. The molecule has 4 saturated heterocycles. The molecule has 0 aliphatic carbocycles. The number of oxime groups is 1. The minimum absolute atomic E-state index is 0.0100. The molecule has 18 nitrogen and oxygen atoms in total. The van der Waals surface area contributed by atoms with E-state index < -0.39 is 63.5 Å². The second-order valence-electron chi connectivity index (χ2n) is 15.0. The highest BCUT2D eigenvalue weighted by Crippen LogP contribution is 2.49. The van der Waals surface area contributed by atoms with E-state index >= 15 is 0 Å². The monoisotopic (exact) mass is 817 g/mol. The molecule has 55 heavy (non-hydrogen) atoms. The van der Waals surface area contributed by atoms with Crippen LogP contribution in [0, 0.1) is 5.41 Å². The second kappa shape index (κ2) is 13.7. The van der Waals surface area contributed by atoms with Gasteiger partial charge in [-0.25, -0.2) is 19.3 Å². The molecule has 3 aromatic rings. The van der Waals surface area contributed by atoms with Crippen molar-refractivity contribution in [2.24, 2.45) is 10.6 Å². The van der Waals surface area contributed by atoms with Crippen LogP contribution in [0.4, 0.5) is 5.13 Å². The second-order valence-corrected chi connectivity index (χ2v) is 17.7. The number of β-lactam (4-membered cyclic amide) rings is 1. The number of piperidine rings is 3. The predicted octanol–water partition coefficient (Wildman–Crippen LogP) is 1.91. The maximum atomic E-state index is 13.6. The number of carbonyl (C=O) groups excluding carboxylic acids is 2. The number of thioether (sulfide) groups is 1. The van der Waals surface area contributed by atoms with E-state index in [0.29, 0.717) is 23.1 Å². The number of benzene rings is 1. The lowest BCUT2D eigenvalue weighted by Crippen LogP contribution is -2.72. The zero-order chi connectivity index (χ0) is 39.8. The summed E-state index contributed by atoms with van der Waals surface area (Å²) in [5.41, 5.74) is 3.44. The Morgan fingerprint density at radius 2 is 1.84 bits per heavy atom. The lowest BCUT2D eigenvalue weighted by molar-refractivity contribution is -0.941. The molecule has 0 saturated carbocycles. The molecule has 4 fully saturated rings. The number of phenolic OH excluding ortho intramolecular Hbond substituents is 2. The zero-order valence-corrected chi connectivity index (χ0v) is 32.2. The Kier molecular flexibility index (Phi) is 9.54. The van der Waals surface area contributed by atoms with Crippen molar-refractivity contribution in [2.45, 2.75) is 68.8 Å². The van der Waals surface area contributed by atoms with Gasteiger partial charge in [0.05, 0.1) is 42.8 Å². The Morgan fingerprint density at radius 3 is 2.44 bits per heavy atom. The van der Waals surface area contributed by atoms with E-state index in [4.69, 9.17) is 22.2 Å². The number of rotatable bonds is 11. The van der Waals surface area contributed by atoms with E-state index in [1.807, 2.05) is 6.92 Å². The molecule has 8 rings (SSSR count). The highest BCUT2D eigenvalue weighted by atomic mass is 35.5. The summed E-state index contributed by atoms with van der Waals surface area (Å²) in [4.78, 5) is 75.4. The molecule has 7 heterocycles. The number of amides is 2. The molecule has 0 unspecified atom stereocenters. The average Bonchev–Trinajstić information content (AvgIpc) is 3.57. The van der Waals surface area contributed by atoms with Crippen molar-refractivity contribution in [3.8, 4) is 11.5 Å². The van der Waals surface area contributed by atoms with Crippen LogP contribution in [0.15, 0.2) is 38.9 Å². The number of nitrogen functional groups attached to an aromatic ring is 1. The quantitative estimate of drug-likeness (QED) is 0.0531. The Balaban J connectivity index is 1.07. The number of hydrogen-bond donors (Lipinski definition) is 6. The van der Waals surface area contributed by atoms with Crippen molar-refractivity contribution < 1.29 is 48.9 Å². The van der Waals surface area contributed by atoms with Gasteiger partial charge in [0.2, 0.25) is 5.60 Å². The van der Waals surface area contributed by atoms with Crippen LogP contribution in [-0.2, 0) is 30.6 Å². The number of carbonyl (C=O) groups is 4. The number of hydrogen-bond acceptors (Lipinski definition) is 14. The summed E-state index contributed by atoms with van der Waals surface area (Å²) < 4.78 is 2.00. The van der Waals surface area contributed by atoms with Gasteiger partial charge in [0.15, 0.2) is 22.3 Å². The van der Waals surface area contributed by atoms with Gasteiger partial charge < -0.3 is 40.8 Å². The van der Waals surface area contributed by atoms with Crippen LogP contribution in [0.1, 0.15) is 45.7 Å². The van der Waals surface area contributed by atoms with Crippen LogP contribution < -0.4 is 16.6 Å². The summed E-state index contributed by atoms with van der Waals surface area (Å²) in [7, 11) is 0. The summed E-state index contributed by atoms with van der Waals surface area (Å²) in [5, 5.41) is 51.5. The SMILES string of the molecule is C[C@@H]1S[C@@H]2[C@H](NC(=O)/C(=N\OC(C)(C)C(=O)O)c3csc(N)n3)C(=O)N2C(C(=O)O)=C1C[N+]12CCC(Cn3ncc4c(Cl)c(O)c(O)cc4c3=O)(CC1)CC2. The van der Waals surface area contributed by atoms with Gasteiger partial charge in [0, 0.05) is 46.3 Å². The molecule has 0 radical (unpaired) electrons. The van der Waals surface area contributed by atoms with E-state index in [0.717, 1.165) is 50.2 Å². The number of aromatic nitrogens is 3. The molecule has 7 N–H and O–H groups in total. The van der Waals surface area contributed by atoms with Gasteiger partial charge in [-0.1, -0.05) is 16.8 Å². The Morgan fingerprint density at radius 1 is 1.16 bits per heavy atom. The van der Waals surface area contributed by atoms with Crippen molar-refractivity contribution in [2.75, 3.05) is 31.9 Å². The normalized spacial score (nSPS) is 26.5. The van der Waals surface area contributed by atoms with Gasteiger partial charge in [-0.3, -0.25) is 19.3 Å². The third-order valence-corrected chi connectivity index (χ3v) is 13.7. The predicted molar refractivity (Wildman–Crippen MR) is 200 cm³/mol. The molecule has 2 aromatic heterocycles. The minimum atomic E-state index is -1.79. The van der Waals surface area contributed by atoms with Gasteiger partial charge >= 0.3 is 11.9 Å². The molecule has 3 atom stereocenters. The molecule has 21 heteroatoms. The van der Waals surface area contributed by atoms with Crippen molar-refractivity contribution >= 4 is 80.1 Å². The Bertz CT molecular complexity index is 2270. The first kappa shape index (κ1) is 38.4. The molecule has 1 aromatic carbocycles. The number of halogens is 1. The Hall–Kier alpha value is -4.92. The van der Waals surface area contributed by atoms with Gasteiger partial charge in [-0.05, 0) is 26.8 Å². The molecule has 2 bridgehead atoms. The summed E-state index contributed by atoms with van der Waals surface area (Å²) in [6, 6.07) is 0.0738. The summed E-state index contributed by atoms with van der Waals surface area (Å²) in [6.45, 7) is 7.28.